The van der Waals surface area contributed by atoms with Gasteiger partial charge in [0.25, 0.3) is 0 Å². The highest BCUT2D eigenvalue weighted by Crippen LogP contribution is 2.52. The Morgan fingerprint density at radius 3 is 2.17 bits per heavy atom. The number of cyclic esters (lactones) is 1. The standard InChI is InChI=1S/C22H20O8/c1-25-16-4-10(5-17(26-2)21(16)27-3)18-11-6-14-15(30-9-29-14)7-12(11)20(23)13-8-28-22(24)19(13)18/h4-7,13,18-19H,8-9H2,1-3H3/t13-,18-,19+/m1/s1. The van der Waals surface area contributed by atoms with Crippen LogP contribution in [0.4, 0.5) is 0 Å². The lowest BCUT2D eigenvalue weighted by Crippen LogP contribution is -2.36. The number of rotatable bonds is 4. The number of hydrogen-bond donors (Lipinski definition) is 0. The van der Waals surface area contributed by atoms with Crippen LogP contribution in [0.15, 0.2) is 24.3 Å². The van der Waals surface area contributed by atoms with E-state index in [1.165, 1.54) is 21.3 Å². The number of esters is 1. The third kappa shape index (κ3) is 2.52. The van der Waals surface area contributed by atoms with Gasteiger partial charge >= 0.3 is 5.97 Å². The van der Waals surface area contributed by atoms with Gasteiger partial charge in [-0.25, -0.2) is 0 Å². The fourth-order valence-electron chi connectivity index (χ4n) is 4.63. The molecule has 0 N–H and O–H groups in total. The van der Waals surface area contributed by atoms with Crippen molar-refractivity contribution in [1.82, 2.24) is 0 Å². The molecule has 2 aliphatic heterocycles. The molecule has 0 saturated carbocycles. The Balaban J connectivity index is 1.75. The van der Waals surface area contributed by atoms with Crippen molar-refractivity contribution in [2.45, 2.75) is 5.92 Å². The Morgan fingerprint density at radius 1 is 0.867 bits per heavy atom. The van der Waals surface area contributed by atoms with Gasteiger partial charge in [-0.15, -0.1) is 0 Å². The van der Waals surface area contributed by atoms with Crippen LogP contribution in [0, 0.1) is 11.8 Å². The van der Waals surface area contributed by atoms with Crippen molar-refractivity contribution in [3.05, 3.63) is 41.0 Å². The molecule has 2 heterocycles. The van der Waals surface area contributed by atoms with Crippen molar-refractivity contribution in [1.29, 1.82) is 0 Å². The summed E-state index contributed by atoms with van der Waals surface area (Å²) in [6, 6.07) is 7.09. The average molecular weight is 412 g/mol. The maximum Gasteiger partial charge on any atom is 0.310 e. The minimum Gasteiger partial charge on any atom is -0.493 e. The summed E-state index contributed by atoms with van der Waals surface area (Å²) >= 11 is 0. The van der Waals surface area contributed by atoms with Gasteiger partial charge in [0, 0.05) is 11.5 Å². The first kappa shape index (κ1) is 18.6. The number of fused-ring (bicyclic) bond motifs is 3. The molecule has 8 nitrogen and oxygen atoms in total. The molecule has 30 heavy (non-hydrogen) atoms. The first-order valence-corrected chi connectivity index (χ1v) is 9.51. The van der Waals surface area contributed by atoms with Crippen molar-refractivity contribution >= 4 is 11.8 Å². The highest BCUT2D eigenvalue weighted by Gasteiger charge is 2.52. The lowest BCUT2D eigenvalue weighted by molar-refractivity contribution is -0.141. The predicted molar refractivity (Wildman–Crippen MR) is 103 cm³/mol. The minimum absolute atomic E-state index is 0.0666. The van der Waals surface area contributed by atoms with Crippen LogP contribution in [0.1, 0.15) is 27.4 Å². The molecule has 2 aromatic rings. The summed E-state index contributed by atoms with van der Waals surface area (Å²) in [4.78, 5) is 25.9. The quantitative estimate of drug-likeness (QED) is 0.708. The number of methoxy groups -OCH3 is 3. The second kappa shape index (κ2) is 6.83. The summed E-state index contributed by atoms with van der Waals surface area (Å²) < 4.78 is 32.7. The SMILES string of the molecule is COc1cc([C@@H]2c3cc4c(cc3C(=O)[C@@H]3COC(=O)[C@H]23)OCO4)cc(OC)c1OC. The zero-order chi connectivity index (χ0) is 21.0. The molecule has 8 heteroatoms. The summed E-state index contributed by atoms with van der Waals surface area (Å²) in [5, 5.41) is 0. The van der Waals surface area contributed by atoms with Gasteiger partial charge in [0.2, 0.25) is 12.5 Å². The highest BCUT2D eigenvalue weighted by molar-refractivity contribution is 6.05. The van der Waals surface area contributed by atoms with E-state index in [0.717, 1.165) is 5.56 Å². The molecular weight excluding hydrogens is 392 g/mol. The summed E-state index contributed by atoms with van der Waals surface area (Å²) in [6.45, 7) is 0.160. The first-order chi connectivity index (χ1) is 14.6. The van der Waals surface area contributed by atoms with Crippen LogP contribution in [0.2, 0.25) is 0 Å². The number of carbonyl (C=O) groups is 2. The van der Waals surface area contributed by atoms with Crippen LogP contribution in [-0.4, -0.2) is 46.5 Å². The van der Waals surface area contributed by atoms with Crippen LogP contribution < -0.4 is 23.7 Å². The van der Waals surface area contributed by atoms with Gasteiger partial charge in [-0.1, -0.05) is 0 Å². The van der Waals surface area contributed by atoms with E-state index in [2.05, 4.69) is 0 Å². The number of Topliss-reactive ketones (excluding diaryl/α,β-unsaturated/α-hetero) is 1. The van der Waals surface area contributed by atoms with E-state index in [4.69, 9.17) is 28.4 Å². The van der Waals surface area contributed by atoms with Crippen molar-refractivity contribution in [2.24, 2.45) is 11.8 Å². The Labute approximate surface area is 172 Å². The highest BCUT2D eigenvalue weighted by atomic mass is 16.7. The third-order valence-electron chi connectivity index (χ3n) is 6.00. The van der Waals surface area contributed by atoms with Crippen LogP contribution in [0.3, 0.4) is 0 Å². The second-order valence-corrected chi connectivity index (χ2v) is 7.36. The molecule has 1 aliphatic carbocycles. The van der Waals surface area contributed by atoms with Crippen molar-refractivity contribution in [3.63, 3.8) is 0 Å². The molecule has 0 spiro atoms. The van der Waals surface area contributed by atoms with Gasteiger partial charge in [-0.2, -0.15) is 0 Å². The van der Waals surface area contributed by atoms with Gasteiger partial charge < -0.3 is 28.4 Å². The number of carbonyl (C=O) groups excluding carboxylic acids is 2. The smallest absolute Gasteiger partial charge is 0.310 e. The molecule has 1 saturated heterocycles. The third-order valence-corrected chi connectivity index (χ3v) is 6.00. The van der Waals surface area contributed by atoms with E-state index in [0.29, 0.717) is 39.9 Å². The molecule has 0 radical (unpaired) electrons. The average Bonchev–Trinajstić information content (AvgIpc) is 3.38. The number of hydrogen-bond acceptors (Lipinski definition) is 8. The molecule has 1 fully saturated rings. The van der Waals surface area contributed by atoms with Crippen molar-refractivity contribution < 1.29 is 38.0 Å². The molecule has 0 aromatic heterocycles. The summed E-state index contributed by atoms with van der Waals surface area (Å²) in [5.41, 5.74) is 1.96. The Hall–Kier alpha value is -3.42. The molecule has 2 aromatic carbocycles. The molecule has 0 amide bonds. The molecule has 5 rings (SSSR count). The van der Waals surface area contributed by atoms with Crippen molar-refractivity contribution in [3.8, 4) is 28.7 Å². The Bertz CT molecular complexity index is 1030. The maximum atomic E-state index is 13.2. The van der Waals surface area contributed by atoms with E-state index >= 15 is 0 Å². The molecule has 3 atom stereocenters. The summed E-state index contributed by atoms with van der Waals surface area (Å²) in [6.07, 6.45) is 0. The number of ether oxygens (including phenoxy) is 6. The van der Waals surface area contributed by atoms with Gasteiger partial charge in [0.15, 0.2) is 28.8 Å². The van der Waals surface area contributed by atoms with Gasteiger partial charge in [0.05, 0.1) is 33.2 Å². The predicted octanol–water partition coefficient (Wildman–Crippen LogP) is 2.56. The van der Waals surface area contributed by atoms with Gasteiger partial charge in [-0.3, -0.25) is 9.59 Å². The van der Waals surface area contributed by atoms with E-state index < -0.39 is 23.7 Å². The van der Waals surface area contributed by atoms with Crippen LogP contribution >= 0.6 is 0 Å². The zero-order valence-electron chi connectivity index (χ0n) is 16.7. The topological polar surface area (TPSA) is 89.5 Å². The molecule has 0 unspecified atom stereocenters. The minimum atomic E-state index is -0.645. The summed E-state index contributed by atoms with van der Waals surface area (Å²) in [5.74, 6) is 0.287. The Morgan fingerprint density at radius 2 is 1.53 bits per heavy atom. The largest absolute Gasteiger partial charge is 0.493 e. The summed E-state index contributed by atoms with van der Waals surface area (Å²) in [7, 11) is 4.59. The molecule has 3 aliphatic rings. The number of ketones is 1. The Kier molecular flexibility index (Phi) is 4.23. The monoisotopic (exact) mass is 412 g/mol. The zero-order valence-corrected chi connectivity index (χ0v) is 16.7. The van der Waals surface area contributed by atoms with Gasteiger partial charge in [0.1, 0.15) is 6.61 Å². The normalized spacial score (nSPS) is 23.5. The fraction of sp³-hybridized carbons (Fsp3) is 0.364. The molecule has 0 bridgehead atoms. The van der Waals surface area contributed by atoms with E-state index in [9.17, 15) is 9.59 Å². The van der Waals surface area contributed by atoms with Crippen molar-refractivity contribution in [2.75, 3.05) is 34.7 Å². The molecule has 156 valence electrons. The maximum absolute atomic E-state index is 13.2. The molecular formula is C22H20O8. The lowest BCUT2D eigenvalue weighted by Gasteiger charge is -2.33. The van der Waals surface area contributed by atoms with Crippen LogP contribution in [0.25, 0.3) is 0 Å². The first-order valence-electron chi connectivity index (χ1n) is 9.51. The van der Waals surface area contributed by atoms with E-state index in [-0.39, 0.29) is 19.2 Å². The van der Waals surface area contributed by atoms with Gasteiger partial charge in [-0.05, 0) is 35.4 Å². The lowest BCUT2D eigenvalue weighted by atomic mass is 9.67. The fourth-order valence-corrected chi connectivity index (χ4v) is 4.63. The van der Waals surface area contributed by atoms with E-state index in [1.807, 2.05) is 0 Å². The van der Waals surface area contributed by atoms with E-state index in [1.54, 1.807) is 24.3 Å². The number of benzene rings is 2. The second-order valence-electron chi connectivity index (χ2n) is 7.36. The van der Waals surface area contributed by atoms with Crippen LogP contribution in [-0.2, 0) is 9.53 Å². The van der Waals surface area contributed by atoms with Crippen LogP contribution in [0.5, 0.6) is 28.7 Å².